The average Bonchev–Trinajstić information content (AvgIpc) is 2.62. The topological polar surface area (TPSA) is 75.7 Å². The zero-order chi connectivity index (χ0) is 20.2. The number of ether oxygens (including phenoxy) is 1. The second-order valence-corrected chi connectivity index (χ2v) is 8.12. The van der Waals surface area contributed by atoms with Crippen LogP contribution >= 0.6 is 11.6 Å². The number of carbonyl (C=O) groups is 1. The maximum absolute atomic E-state index is 13.6. The fraction of sp³-hybridized carbons (Fsp3) is 0.278. The molecule has 0 aliphatic rings. The minimum Gasteiger partial charge on any atom is -0.494 e. The van der Waals surface area contributed by atoms with E-state index in [4.69, 9.17) is 16.3 Å². The molecule has 0 aliphatic carbocycles. The predicted molar refractivity (Wildman–Crippen MR) is 101 cm³/mol. The third kappa shape index (κ3) is 4.90. The van der Waals surface area contributed by atoms with E-state index in [1.807, 2.05) is 0 Å². The zero-order valence-corrected chi connectivity index (χ0v) is 16.6. The first-order chi connectivity index (χ1) is 12.7. The van der Waals surface area contributed by atoms with Gasteiger partial charge in [-0.25, -0.2) is 21.9 Å². The lowest BCUT2D eigenvalue weighted by Gasteiger charge is -2.23. The Morgan fingerprint density at radius 1 is 1.26 bits per heavy atom. The molecule has 0 bridgehead atoms. The van der Waals surface area contributed by atoms with Gasteiger partial charge in [-0.3, -0.25) is 0 Å². The Labute approximate surface area is 162 Å². The molecule has 0 spiro atoms. The van der Waals surface area contributed by atoms with Crippen molar-refractivity contribution in [3.63, 3.8) is 0 Å². The maximum atomic E-state index is 13.6. The summed E-state index contributed by atoms with van der Waals surface area (Å²) in [5.74, 6) is -0.0772. The Morgan fingerprint density at radius 2 is 1.89 bits per heavy atom. The van der Waals surface area contributed by atoms with Gasteiger partial charge in [-0.2, -0.15) is 0 Å². The van der Waals surface area contributed by atoms with Crippen molar-refractivity contribution in [1.82, 2.24) is 9.62 Å². The lowest BCUT2D eigenvalue weighted by molar-refractivity contribution is 0.224. The Hall–Kier alpha value is -2.32. The highest BCUT2D eigenvalue weighted by Crippen LogP contribution is 2.27. The molecule has 2 aromatic rings. The summed E-state index contributed by atoms with van der Waals surface area (Å²) in [6.07, 6.45) is 0. The molecule has 1 N–H and O–H groups in total. The van der Waals surface area contributed by atoms with E-state index in [1.54, 1.807) is 13.8 Å². The van der Waals surface area contributed by atoms with Gasteiger partial charge in [-0.05, 0) is 56.3 Å². The van der Waals surface area contributed by atoms with Gasteiger partial charge in [-0.1, -0.05) is 11.6 Å². The van der Waals surface area contributed by atoms with E-state index in [0.29, 0.717) is 27.2 Å². The number of amides is 2. The normalized spacial score (nSPS) is 12.3. The van der Waals surface area contributed by atoms with Crippen molar-refractivity contribution in [3.8, 4) is 5.75 Å². The third-order valence-corrected chi connectivity index (χ3v) is 5.84. The number of rotatable bonds is 6. The van der Waals surface area contributed by atoms with Gasteiger partial charge in [-0.15, -0.1) is 0 Å². The summed E-state index contributed by atoms with van der Waals surface area (Å²) < 4.78 is 44.8. The molecule has 2 amide bonds. The van der Waals surface area contributed by atoms with Gasteiger partial charge in [0.05, 0.1) is 17.5 Å². The van der Waals surface area contributed by atoms with Crippen LogP contribution < -0.4 is 10.1 Å². The Kier molecular flexibility index (Phi) is 6.67. The largest absolute Gasteiger partial charge is 0.494 e. The molecule has 2 rings (SSSR count). The maximum Gasteiger partial charge on any atom is 0.331 e. The fourth-order valence-electron chi connectivity index (χ4n) is 2.37. The number of nitrogens with zero attached hydrogens (tertiary/aromatic N) is 1. The number of hydrogen-bond acceptors (Lipinski definition) is 4. The van der Waals surface area contributed by atoms with Crippen LogP contribution in [0.1, 0.15) is 25.5 Å². The van der Waals surface area contributed by atoms with Gasteiger partial charge in [0, 0.05) is 17.6 Å². The number of hydrogen-bond donors (Lipinski definition) is 1. The molecule has 1 unspecified atom stereocenters. The third-order valence-electron chi connectivity index (χ3n) is 3.84. The Balaban J connectivity index is 2.21. The molecule has 146 valence electrons. The molecule has 0 heterocycles. The molecule has 1 atom stereocenters. The minimum atomic E-state index is -4.05. The van der Waals surface area contributed by atoms with Crippen LogP contribution in [0, 0.1) is 5.82 Å². The van der Waals surface area contributed by atoms with E-state index >= 15 is 0 Å². The summed E-state index contributed by atoms with van der Waals surface area (Å²) in [6, 6.07) is 7.87. The molecule has 0 saturated carbocycles. The molecule has 0 fully saturated rings. The van der Waals surface area contributed by atoms with Crippen molar-refractivity contribution in [2.45, 2.75) is 24.8 Å². The number of urea groups is 1. The molecule has 6 nitrogen and oxygen atoms in total. The highest BCUT2D eigenvalue weighted by Gasteiger charge is 2.27. The molecule has 0 aromatic heterocycles. The van der Waals surface area contributed by atoms with Gasteiger partial charge >= 0.3 is 6.03 Å². The Bertz CT molecular complexity index is 919. The van der Waals surface area contributed by atoms with E-state index in [2.05, 4.69) is 5.32 Å². The van der Waals surface area contributed by atoms with E-state index in [9.17, 15) is 17.6 Å². The van der Waals surface area contributed by atoms with Crippen LogP contribution in [-0.4, -0.2) is 32.4 Å². The van der Waals surface area contributed by atoms with E-state index in [1.165, 1.54) is 42.5 Å². The van der Waals surface area contributed by atoms with Crippen LogP contribution in [0.25, 0.3) is 0 Å². The zero-order valence-electron chi connectivity index (χ0n) is 15.1. The van der Waals surface area contributed by atoms with E-state index in [-0.39, 0.29) is 4.90 Å². The lowest BCUT2D eigenvalue weighted by atomic mass is 10.1. The van der Waals surface area contributed by atoms with Gasteiger partial charge in [0.2, 0.25) is 0 Å². The first kappa shape index (κ1) is 21.0. The molecule has 0 aliphatic heterocycles. The highest BCUT2D eigenvalue weighted by atomic mass is 35.5. The first-order valence-electron chi connectivity index (χ1n) is 8.14. The standard InChI is InChI=1S/C18H20ClFN2O4S/c1-4-26-17-10-7-14(20)11-16(17)12(2)21-18(23)22(3)27(24,25)15-8-5-13(19)6-9-15/h5-12H,4H2,1-3H3,(H,21,23). The summed E-state index contributed by atoms with van der Waals surface area (Å²) in [4.78, 5) is 12.4. The lowest BCUT2D eigenvalue weighted by Crippen LogP contribution is -2.42. The number of carbonyl (C=O) groups excluding carboxylic acids is 1. The molecule has 0 radical (unpaired) electrons. The van der Waals surface area contributed by atoms with E-state index in [0.717, 1.165) is 7.05 Å². The van der Waals surface area contributed by atoms with Crippen LogP contribution in [0.15, 0.2) is 47.4 Å². The SMILES string of the molecule is CCOc1ccc(F)cc1C(C)NC(=O)N(C)S(=O)(=O)c1ccc(Cl)cc1. The summed E-state index contributed by atoms with van der Waals surface area (Å²) >= 11 is 5.76. The predicted octanol–water partition coefficient (Wildman–Crippen LogP) is 3.97. The first-order valence-corrected chi connectivity index (χ1v) is 9.95. The summed E-state index contributed by atoms with van der Waals surface area (Å²) in [5, 5.41) is 2.92. The van der Waals surface area contributed by atoms with Crippen molar-refractivity contribution in [3.05, 3.63) is 58.9 Å². The van der Waals surface area contributed by atoms with E-state index < -0.39 is 27.9 Å². The van der Waals surface area contributed by atoms with Crippen LogP contribution in [0.3, 0.4) is 0 Å². The highest BCUT2D eigenvalue weighted by molar-refractivity contribution is 7.89. The smallest absolute Gasteiger partial charge is 0.331 e. The summed E-state index contributed by atoms with van der Waals surface area (Å²) in [7, 11) is -2.91. The van der Waals surface area contributed by atoms with Crippen LogP contribution in [-0.2, 0) is 10.0 Å². The van der Waals surface area contributed by atoms with Crippen LogP contribution in [0.2, 0.25) is 5.02 Å². The molecule has 2 aromatic carbocycles. The fourth-order valence-corrected chi connectivity index (χ4v) is 3.57. The quantitative estimate of drug-likeness (QED) is 0.776. The van der Waals surface area contributed by atoms with Crippen LogP contribution in [0.4, 0.5) is 9.18 Å². The van der Waals surface area contributed by atoms with Crippen molar-refractivity contribution < 1.29 is 22.3 Å². The van der Waals surface area contributed by atoms with Gasteiger partial charge in [0.1, 0.15) is 11.6 Å². The molecule has 9 heteroatoms. The monoisotopic (exact) mass is 414 g/mol. The Morgan fingerprint density at radius 3 is 2.48 bits per heavy atom. The number of benzene rings is 2. The van der Waals surface area contributed by atoms with Crippen molar-refractivity contribution >= 4 is 27.7 Å². The van der Waals surface area contributed by atoms with Gasteiger partial charge in [0.25, 0.3) is 10.0 Å². The second-order valence-electron chi connectivity index (χ2n) is 5.71. The van der Waals surface area contributed by atoms with Crippen LogP contribution in [0.5, 0.6) is 5.75 Å². The van der Waals surface area contributed by atoms with Crippen molar-refractivity contribution in [1.29, 1.82) is 0 Å². The second kappa shape index (κ2) is 8.58. The molecular weight excluding hydrogens is 395 g/mol. The van der Waals surface area contributed by atoms with Crippen molar-refractivity contribution in [2.24, 2.45) is 0 Å². The minimum absolute atomic E-state index is 0.0713. The van der Waals surface area contributed by atoms with Gasteiger partial charge < -0.3 is 10.1 Å². The summed E-state index contributed by atoms with van der Waals surface area (Å²) in [5.41, 5.74) is 0.405. The summed E-state index contributed by atoms with van der Waals surface area (Å²) in [6.45, 7) is 3.75. The molecular formula is C18H20ClFN2O4S. The molecule has 0 saturated heterocycles. The van der Waals surface area contributed by atoms with Crippen molar-refractivity contribution in [2.75, 3.05) is 13.7 Å². The molecule has 27 heavy (non-hydrogen) atoms. The number of halogens is 2. The number of nitrogens with one attached hydrogen (secondary N) is 1. The number of sulfonamides is 1. The van der Waals surface area contributed by atoms with Gasteiger partial charge in [0.15, 0.2) is 0 Å². The average molecular weight is 415 g/mol.